The zero-order valence-corrected chi connectivity index (χ0v) is 28.9. The minimum atomic E-state index is -5.08. The zero-order valence-electron chi connectivity index (χ0n) is 27.3. The summed E-state index contributed by atoms with van der Waals surface area (Å²) in [6.45, 7) is 3.34. The number of halogens is 3. The molecule has 2 atom stereocenters. The van der Waals surface area contributed by atoms with Gasteiger partial charge in [-0.15, -0.1) is 15.6 Å². The summed E-state index contributed by atoms with van der Waals surface area (Å²) in [6.07, 6.45) is -1.26. The van der Waals surface area contributed by atoms with Crippen molar-refractivity contribution >= 4 is 68.1 Å². The van der Waals surface area contributed by atoms with E-state index in [9.17, 15) is 41.1 Å². The van der Waals surface area contributed by atoms with Gasteiger partial charge in [0, 0.05) is 24.3 Å². The highest BCUT2D eigenvalue weighted by molar-refractivity contribution is 7.80. The highest BCUT2D eigenvalue weighted by Crippen LogP contribution is 2.33. The summed E-state index contributed by atoms with van der Waals surface area (Å²) < 4.78 is 74.5. The van der Waals surface area contributed by atoms with Crippen LogP contribution in [-0.4, -0.2) is 114 Å². The normalized spacial score (nSPS) is 16.1. The van der Waals surface area contributed by atoms with Crippen LogP contribution in [0.5, 0.6) is 5.75 Å². The Hall–Kier alpha value is -5.64. The first-order chi connectivity index (χ1) is 24.6. The predicted octanol–water partition coefficient (Wildman–Crippen LogP) is 0.135. The van der Waals surface area contributed by atoms with Crippen LogP contribution in [0.4, 0.5) is 30.1 Å². The molecule has 4 heterocycles. The molecule has 4 rings (SSSR count). The quantitative estimate of drug-likeness (QED) is 0.0438. The Morgan fingerprint density at radius 3 is 2.40 bits per heavy atom. The lowest BCUT2D eigenvalue weighted by molar-refractivity contribution is -0.218. The number of aryl methyl sites for hydroxylation is 1. The number of oxime groups is 1. The van der Waals surface area contributed by atoms with Gasteiger partial charge in [-0.1, -0.05) is 5.16 Å². The number of nitrogens with zero attached hydrogens (tertiary/aromatic N) is 6. The summed E-state index contributed by atoms with van der Waals surface area (Å²) in [7, 11) is -5.02. The van der Waals surface area contributed by atoms with Gasteiger partial charge in [-0.3, -0.25) is 14.1 Å². The summed E-state index contributed by atoms with van der Waals surface area (Å²) in [5, 5.41) is 27.7. The van der Waals surface area contributed by atoms with Crippen molar-refractivity contribution < 1.29 is 69.4 Å². The van der Waals surface area contributed by atoms with Crippen molar-refractivity contribution in [3.8, 4) is 5.75 Å². The highest BCUT2D eigenvalue weighted by atomic mass is 32.3. The van der Waals surface area contributed by atoms with Crippen molar-refractivity contribution in [2.24, 2.45) is 10.9 Å². The zero-order chi connectivity index (χ0) is 39.7. The Bertz CT molecular complexity index is 1920. The number of alkyl halides is 3. The van der Waals surface area contributed by atoms with E-state index in [1.54, 1.807) is 18.5 Å². The number of amides is 2. The molecule has 1 fully saturated rings. The van der Waals surface area contributed by atoms with E-state index in [0.29, 0.717) is 29.9 Å². The minimum absolute atomic E-state index is 0.0476. The molecule has 290 valence electrons. The van der Waals surface area contributed by atoms with Gasteiger partial charge in [0.05, 0.1) is 11.7 Å². The number of carboxylic acid groups (broad SMARTS) is 2. The van der Waals surface area contributed by atoms with Crippen molar-refractivity contribution in [3.05, 3.63) is 41.8 Å². The molecule has 9 N–H and O–H groups in total. The fourth-order valence-electron chi connectivity index (χ4n) is 3.98. The van der Waals surface area contributed by atoms with Crippen LogP contribution in [0.2, 0.25) is 0 Å². The van der Waals surface area contributed by atoms with E-state index in [2.05, 4.69) is 35.0 Å². The number of carbonyl (C=O) groups is 4. The number of thiazole rings is 1. The fraction of sp³-hybridized carbons (Fsp3) is 0.385. The van der Waals surface area contributed by atoms with Crippen LogP contribution in [0.15, 0.2) is 41.3 Å². The largest absolute Gasteiger partial charge is 0.490 e. The van der Waals surface area contributed by atoms with Crippen molar-refractivity contribution in [1.29, 1.82) is 0 Å². The number of carbonyl (C=O) groups excluding carboxylic acids is 2. The number of carboxylic acids is 2. The van der Waals surface area contributed by atoms with Crippen LogP contribution in [0.25, 0.3) is 0 Å². The van der Waals surface area contributed by atoms with Gasteiger partial charge in [-0.05, 0) is 38.9 Å². The van der Waals surface area contributed by atoms with E-state index < -0.39 is 70.3 Å². The van der Waals surface area contributed by atoms with Crippen molar-refractivity contribution in [2.45, 2.75) is 50.7 Å². The molecule has 53 heavy (non-hydrogen) atoms. The lowest BCUT2D eigenvalue weighted by Crippen LogP contribution is -2.76. The molecule has 3 aromatic rings. The molecule has 27 heteroatoms. The monoisotopic (exact) mass is 796 g/mol. The number of hydrogen-bond acceptors (Lipinski definition) is 17. The first-order valence-electron chi connectivity index (χ1n) is 14.5. The van der Waals surface area contributed by atoms with E-state index in [-0.39, 0.29) is 16.6 Å². The van der Waals surface area contributed by atoms with Crippen molar-refractivity contribution in [1.82, 2.24) is 29.9 Å². The molecule has 0 saturated carbocycles. The van der Waals surface area contributed by atoms with Gasteiger partial charge in [0.15, 0.2) is 10.8 Å². The maximum Gasteiger partial charge on any atom is 0.490 e. The van der Waals surface area contributed by atoms with Crippen LogP contribution in [0, 0.1) is 0 Å². The molecule has 0 aliphatic carbocycles. The number of nitrogen functional groups attached to an aromatic ring is 1. The molecule has 0 radical (unpaired) electrons. The van der Waals surface area contributed by atoms with Crippen LogP contribution in [0.3, 0.4) is 0 Å². The number of aliphatic carboxylic acids is 2. The first-order valence-corrected chi connectivity index (χ1v) is 16.8. The van der Waals surface area contributed by atoms with Gasteiger partial charge in [-0.2, -0.15) is 26.7 Å². The average molecular weight is 797 g/mol. The number of ether oxygens (including phenoxy) is 1. The molecule has 2 amide bonds. The topological polar surface area (TPSA) is 326 Å². The molecule has 0 aromatic carbocycles. The summed E-state index contributed by atoms with van der Waals surface area (Å²) in [5.41, 5.74) is 9.17. The number of imidazole rings is 1. The van der Waals surface area contributed by atoms with E-state index in [1.807, 2.05) is 4.57 Å². The second-order valence-corrected chi connectivity index (χ2v) is 12.7. The molecule has 1 saturated heterocycles. The average Bonchev–Trinajstić information content (AvgIpc) is 3.70. The lowest BCUT2D eigenvalue weighted by Gasteiger charge is -2.50. The fourth-order valence-corrected chi connectivity index (χ4v) is 4.99. The van der Waals surface area contributed by atoms with Gasteiger partial charge in [0.25, 0.3) is 17.9 Å². The van der Waals surface area contributed by atoms with Gasteiger partial charge >= 0.3 is 28.5 Å². The minimum Gasteiger partial charge on any atom is -0.487 e. The van der Waals surface area contributed by atoms with Crippen LogP contribution >= 0.6 is 11.3 Å². The Kier molecular flexibility index (Phi) is 13.6. The van der Waals surface area contributed by atoms with E-state index in [1.165, 1.54) is 31.5 Å². The molecule has 1 aliphatic heterocycles. The van der Waals surface area contributed by atoms with Gasteiger partial charge in [-0.25, -0.2) is 24.5 Å². The van der Waals surface area contributed by atoms with Gasteiger partial charge in [0.1, 0.15) is 29.9 Å². The van der Waals surface area contributed by atoms with E-state index >= 15 is 0 Å². The molecule has 0 spiro atoms. The standard InChI is InChI=1S/C24H30N10O10S2.C2HF3O2/c1-24(2)18(20(36)34(24)44-46(39,40)41)31-19(35)17(14-12-45-22(26)29-14)32-43-15(21(37)38)11-42-13-4-5-16(28-10-13)30-23-27-7-9-33(23)8-3-6-25;3-2(4,5)1(6)7/h4-5,7,9-10,12,15,18H,3,6,8,11,25H2,1-2H3,(H2,26,29)(H,31,35)(H,37,38)(H,27,28,30)(H,39,40,41);(H,6,7). The van der Waals surface area contributed by atoms with Gasteiger partial charge in [0.2, 0.25) is 5.95 Å². The third kappa shape index (κ3) is 11.7. The van der Waals surface area contributed by atoms with E-state index in [0.717, 1.165) is 17.8 Å². The second-order valence-electron chi connectivity index (χ2n) is 10.8. The summed E-state index contributed by atoms with van der Waals surface area (Å²) >= 11 is 0.947. The summed E-state index contributed by atoms with van der Waals surface area (Å²) in [4.78, 5) is 64.0. The third-order valence-corrected chi connectivity index (χ3v) is 7.60. The maximum atomic E-state index is 13.2. The summed E-state index contributed by atoms with van der Waals surface area (Å²) in [6, 6.07) is 1.79. The van der Waals surface area contributed by atoms with Crippen LogP contribution < -0.4 is 26.8 Å². The SMILES string of the molecule is CC1(C)C(NC(=O)C(=NOC(COc2ccc(Nc3nccn3CCCN)nc2)C(=O)O)c2csc(N)n2)C(=O)N1OS(=O)(=O)O.O=C(O)C(F)(F)F. The Labute approximate surface area is 300 Å². The number of hydroxylamine groups is 2. The van der Waals surface area contributed by atoms with Crippen LogP contribution in [-0.2, 0) is 45.2 Å². The number of anilines is 3. The Balaban J connectivity index is 0.000000980. The molecule has 22 nitrogen and oxygen atoms in total. The molecule has 0 bridgehead atoms. The molecule has 3 aromatic heterocycles. The molecule has 1 aliphatic rings. The number of β-lactam (4-membered cyclic amide) rings is 1. The Morgan fingerprint density at radius 2 is 1.89 bits per heavy atom. The predicted molar refractivity (Wildman–Crippen MR) is 174 cm³/mol. The van der Waals surface area contributed by atoms with Crippen molar-refractivity contribution in [2.75, 3.05) is 24.2 Å². The third-order valence-electron chi connectivity index (χ3n) is 6.59. The van der Waals surface area contributed by atoms with Crippen molar-refractivity contribution in [3.63, 3.8) is 0 Å². The number of pyridine rings is 1. The number of nitrogens with one attached hydrogen (secondary N) is 2. The van der Waals surface area contributed by atoms with Gasteiger partial charge < -0.3 is 46.5 Å². The molecule has 2 unspecified atom stereocenters. The number of hydrogen-bond donors (Lipinski definition) is 7. The second kappa shape index (κ2) is 17.3. The van der Waals surface area contributed by atoms with E-state index in [4.69, 9.17) is 35.5 Å². The molecular weight excluding hydrogens is 765 g/mol. The Morgan fingerprint density at radius 1 is 1.21 bits per heavy atom. The smallest absolute Gasteiger partial charge is 0.487 e. The number of nitrogens with two attached hydrogens (primary N) is 2. The maximum absolute atomic E-state index is 13.2. The number of rotatable bonds is 16. The lowest BCUT2D eigenvalue weighted by atomic mass is 9.84. The van der Waals surface area contributed by atoms with Crippen LogP contribution in [0.1, 0.15) is 26.0 Å². The highest BCUT2D eigenvalue weighted by Gasteiger charge is 2.58. The summed E-state index contributed by atoms with van der Waals surface area (Å²) in [5.74, 6) is -5.08. The number of aromatic nitrogens is 4. The molecular formula is C26H31F3N10O12S2. The first kappa shape index (κ1) is 41.8.